The van der Waals surface area contributed by atoms with E-state index in [2.05, 4.69) is 32.3 Å². The Balaban J connectivity index is 1.21. The van der Waals surface area contributed by atoms with Gasteiger partial charge in [0.1, 0.15) is 5.52 Å². The standard InChI is InChI=1S/C29H34N8O3/c1-2-4-22(38)7-8-27(39)35-11-9-34(10-12-35)19-21-17-26-29(36-13-15-40-16-14-36)31-28(33-37(26)20-21)23-5-3-6-25-24(23)18-30-32-25/h2-6,17-18,20H,7-16,19H2,1H3,(H,30,32)/b4-2-. The summed E-state index contributed by atoms with van der Waals surface area (Å²) in [7, 11) is 0. The van der Waals surface area contributed by atoms with Crippen LogP contribution in [0, 0.1) is 0 Å². The number of carbonyl (C=O) groups is 2. The highest BCUT2D eigenvalue weighted by Gasteiger charge is 2.24. The number of nitrogens with zero attached hydrogens (tertiary/aromatic N) is 7. The smallest absolute Gasteiger partial charge is 0.223 e. The number of H-pyrrole nitrogens is 1. The topological polar surface area (TPSA) is 112 Å². The number of amides is 1. The van der Waals surface area contributed by atoms with E-state index in [9.17, 15) is 9.59 Å². The quantitative estimate of drug-likeness (QED) is 0.338. The number of allylic oxidation sites excluding steroid dienone is 2. The third-order valence-electron chi connectivity index (χ3n) is 7.61. The monoisotopic (exact) mass is 542 g/mol. The fraction of sp³-hybridized carbons (Fsp3) is 0.414. The fourth-order valence-corrected chi connectivity index (χ4v) is 5.48. The van der Waals surface area contributed by atoms with Crippen LogP contribution in [-0.4, -0.2) is 98.8 Å². The molecule has 208 valence electrons. The molecule has 5 heterocycles. The van der Waals surface area contributed by atoms with Gasteiger partial charge >= 0.3 is 0 Å². The highest BCUT2D eigenvalue weighted by atomic mass is 16.5. The third kappa shape index (κ3) is 5.47. The van der Waals surface area contributed by atoms with Crippen LogP contribution in [0.2, 0.25) is 0 Å². The number of rotatable bonds is 8. The van der Waals surface area contributed by atoms with Gasteiger partial charge in [0.2, 0.25) is 5.91 Å². The average molecular weight is 543 g/mol. The number of hydrogen-bond donors (Lipinski definition) is 1. The Bertz CT molecular complexity index is 1540. The number of benzene rings is 1. The molecule has 0 unspecified atom stereocenters. The van der Waals surface area contributed by atoms with Crippen molar-refractivity contribution >= 4 is 33.9 Å². The van der Waals surface area contributed by atoms with E-state index in [1.807, 2.05) is 40.7 Å². The Labute approximate surface area is 232 Å². The summed E-state index contributed by atoms with van der Waals surface area (Å²) >= 11 is 0. The van der Waals surface area contributed by atoms with E-state index < -0.39 is 0 Å². The van der Waals surface area contributed by atoms with Gasteiger partial charge in [-0.1, -0.05) is 18.2 Å². The Morgan fingerprint density at radius 1 is 1.07 bits per heavy atom. The first-order chi connectivity index (χ1) is 19.6. The van der Waals surface area contributed by atoms with Gasteiger partial charge in [-0.3, -0.25) is 19.6 Å². The molecule has 2 aliphatic rings. The highest BCUT2D eigenvalue weighted by molar-refractivity contribution is 5.93. The van der Waals surface area contributed by atoms with Gasteiger partial charge in [-0.05, 0) is 30.7 Å². The van der Waals surface area contributed by atoms with E-state index in [4.69, 9.17) is 14.8 Å². The van der Waals surface area contributed by atoms with Crippen molar-refractivity contribution in [3.8, 4) is 11.4 Å². The Morgan fingerprint density at radius 2 is 1.90 bits per heavy atom. The van der Waals surface area contributed by atoms with Crippen LogP contribution in [0.3, 0.4) is 0 Å². The maximum atomic E-state index is 12.6. The number of fused-ring (bicyclic) bond motifs is 2. The van der Waals surface area contributed by atoms with Gasteiger partial charge < -0.3 is 14.5 Å². The molecule has 1 aromatic carbocycles. The predicted molar refractivity (Wildman–Crippen MR) is 152 cm³/mol. The van der Waals surface area contributed by atoms with Gasteiger partial charge in [-0.15, -0.1) is 5.10 Å². The van der Waals surface area contributed by atoms with E-state index >= 15 is 0 Å². The minimum absolute atomic E-state index is 0.000543. The van der Waals surface area contributed by atoms with Crippen LogP contribution in [0.25, 0.3) is 27.8 Å². The normalized spacial score (nSPS) is 16.9. The minimum atomic E-state index is -0.000543. The van der Waals surface area contributed by atoms with Crippen LogP contribution in [0.15, 0.2) is 48.8 Å². The molecular weight excluding hydrogens is 508 g/mol. The maximum Gasteiger partial charge on any atom is 0.223 e. The number of morpholine rings is 1. The van der Waals surface area contributed by atoms with Crippen molar-refractivity contribution in [3.63, 3.8) is 0 Å². The first-order valence-corrected chi connectivity index (χ1v) is 13.9. The molecule has 1 N–H and O–H groups in total. The lowest BCUT2D eigenvalue weighted by molar-refractivity contribution is -0.134. The lowest BCUT2D eigenvalue weighted by atomic mass is 10.1. The summed E-state index contributed by atoms with van der Waals surface area (Å²) < 4.78 is 7.55. The molecule has 2 aliphatic heterocycles. The molecule has 11 nitrogen and oxygen atoms in total. The summed E-state index contributed by atoms with van der Waals surface area (Å²) in [6.45, 7) is 8.38. The van der Waals surface area contributed by atoms with Crippen molar-refractivity contribution in [2.45, 2.75) is 26.3 Å². The number of nitrogens with one attached hydrogen (secondary N) is 1. The number of carbonyl (C=O) groups excluding carboxylic acids is 2. The molecule has 0 atom stereocenters. The van der Waals surface area contributed by atoms with Crippen LogP contribution >= 0.6 is 0 Å². The Hall–Kier alpha value is -4.09. The van der Waals surface area contributed by atoms with E-state index in [0.29, 0.717) is 32.1 Å². The molecule has 3 aromatic heterocycles. The zero-order valence-electron chi connectivity index (χ0n) is 22.8. The lowest BCUT2D eigenvalue weighted by Crippen LogP contribution is -2.48. The Morgan fingerprint density at radius 3 is 2.70 bits per heavy atom. The maximum absolute atomic E-state index is 12.6. The first-order valence-electron chi connectivity index (χ1n) is 13.9. The van der Waals surface area contributed by atoms with Crippen LogP contribution in [0.4, 0.5) is 5.82 Å². The molecule has 1 amide bonds. The third-order valence-corrected chi connectivity index (χ3v) is 7.61. The molecule has 0 spiro atoms. The van der Waals surface area contributed by atoms with Gasteiger partial charge in [0.05, 0.1) is 24.9 Å². The summed E-state index contributed by atoms with van der Waals surface area (Å²) in [5.74, 6) is 1.61. The summed E-state index contributed by atoms with van der Waals surface area (Å²) in [5, 5.41) is 13.2. The highest BCUT2D eigenvalue weighted by Crippen LogP contribution is 2.29. The number of anilines is 1. The molecule has 0 saturated carbocycles. The van der Waals surface area contributed by atoms with E-state index in [1.165, 1.54) is 6.08 Å². The van der Waals surface area contributed by atoms with E-state index in [-0.39, 0.29) is 24.5 Å². The van der Waals surface area contributed by atoms with E-state index in [1.54, 1.807) is 6.08 Å². The molecule has 2 fully saturated rings. The zero-order chi connectivity index (χ0) is 27.5. The van der Waals surface area contributed by atoms with Crippen LogP contribution in [-0.2, 0) is 20.9 Å². The molecule has 0 bridgehead atoms. The fourth-order valence-electron chi connectivity index (χ4n) is 5.48. The first kappa shape index (κ1) is 26.1. The van der Waals surface area contributed by atoms with E-state index in [0.717, 1.165) is 66.1 Å². The number of hydrogen-bond acceptors (Lipinski definition) is 8. The molecular formula is C29H34N8O3. The second kappa shape index (κ2) is 11.6. The molecule has 11 heteroatoms. The van der Waals surface area contributed by atoms with Gasteiger partial charge in [0, 0.05) is 75.8 Å². The zero-order valence-corrected chi connectivity index (χ0v) is 22.8. The summed E-state index contributed by atoms with van der Waals surface area (Å²) in [5.41, 5.74) is 4.01. The van der Waals surface area contributed by atoms with Gasteiger partial charge in [0.25, 0.3) is 0 Å². The predicted octanol–water partition coefficient (Wildman–Crippen LogP) is 2.68. The van der Waals surface area contributed by atoms with Crippen LogP contribution in [0.1, 0.15) is 25.3 Å². The number of aromatic nitrogens is 5. The number of ether oxygens (including phenoxy) is 1. The van der Waals surface area contributed by atoms with Crippen molar-refractivity contribution in [1.29, 1.82) is 0 Å². The molecule has 2 saturated heterocycles. The van der Waals surface area contributed by atoms with Crippen LogP contribution < -0.4 is 4.90 Å². The molecule has 4 aromatic rings. The van der Waals surface area contributed by atoms with Gasteiger partial charge in [0.15, 0.2) is 17.4 Å². The molecule has 0 radical (unpaired) electrons. The lowest BCUT2D eigenvalue weighted by Gasteiger charge is -2.34. The number of aromatic amines is 1. The second-order valence-electron chi connectivity index (χ2n) is 10.3. The molecule has 40 heavy (non-hydrogen) atoms. The largest absolute Gasteiger partial charge is 0.378 e. The second-order valence-corrected chi connectivity index (χ2v) is 10.3. The average Bonchev–Trinajstić information content (AvgIpc) is 3.63. The van der Waals surface area contributed by atoms with Crippen molar-refractivity contribution in [1.82, 2.24) is 34.6 Å². The molecule has 0 aliphatic carbocycles. The van der Waals surface area contributed by atoms with Crippen LogP contribution in [0.5, 0.6) is 0 Å². The van der Waals surface area contributed by atoms with Crippen molar-refractivity contribution in [3.05, 3.63) is 54.4 Å². The Kier molecular flexibility index (Phi) is 7.56. The minimum Gasteiger partial charge on any atom is -0.378 e. The summed E-state index contributed by atoms with van der Waals surface area (Å²) in [6.07, 6.45) is 7.69. The number of piperazine rings is 1. The number of ketones is 1. The summed E-state index contributed by atoms with van der Waals surface area (Å²) in [4.78, 5) is 35.9. The SMILES string of the molecule is C/C=C\C(=O)CCC(=O)N1CCN(Cc2cc3c(N4CCOCC4)nc(-c4cccc5[nH]ncc45)nn3c2)CC1. The summed E-state index contributed by atoms with van der Waals surface area (Å²) in [6, 6.07) is 8.20. The molecule has 6 rings (SSSR count). The van der Waals surface area contributed by atoms with Crippen molar-refractivity contribution in [2.24, 2.45) is 0 Å². The van der Waals surface area contributed by atoms with Crippen molar-refractivity contribution < 1.29 is 14.3 Å². The van der Waals surface area contributed by atoms with Crippen molar-refractivity contribution in [2.75, 3.05) is 57.4 Å². The van der Waals surface area contributed by atoms with Gasteiger partial charge in [-0.2, -0.15) is 5.10 Å². The van der Waals surface area contributed by atoms with Gasteiger partial charge in [-0.25, -0.2) is 9.50 Å².